The van der Waals surface area contributed by atoms with E-state index in [1.807, 2.05) is 13.8 Å². The highest BCUT2D eigenvalue weighted by Crippen LogP contribution is 2.36. The minimum absolute atomic E-state index is 0.360. The molecule has 0 aromatic rings. The summed E-state index contributed by atoms with van der Waals surface area (Å²) in [7, 11) is 0. The lowest BCUT2D eigenvalue weighted by Gasteiger charge is -2.31. The van der Waals surface area contributed by atoms with E-state index in [0.29, 0.717) is 13.0 Å². The molecule has 3 nitrogen and oxygen atoms in total. The minimum Gasteiger partial charge on any atom is -0.386 e. The smallest absolute Gasteiger partial charge is 0.163 e. The van der Waals surface area contributed by atoms with E-state index in [4.69, 9.17) is 9.47 Å². The minimum atomic E-state index is -0.734. The molecule has 0 radical (unpaired) electrons. The molecule has 2 atom stereocenters. The lowest BCUT2D eigenvalue weighted by Crippen LogP contribution is -2.44. The van der Waals surface area contributed by atoms with Gasteiger partial charge < -0.3 is 14.6 Å². The summed E-state index contributed by atoms with van der Waals surface area (Å²) in [4.78, 5) is 0. The van der Waals surface area contributed by atoms with Crippen LogP contribution in [0.2, 0.25) is 0 Å². The van der Waals surface area contributed by atoms with Crippen LogP contribution in [0.1, 0.15) is 20.3 Å². The number of hydrogen-bond donors (Lipinski definition) is 1. The molecule has 1 saturated heterocycles. The molecule has 0 saturated carbocycles. The fourth-order valence-electron chi connectivity index (χ4n) is 1.67. The van der Waals surface area contributed by atoms with E-state index in [1.54, 1.807) is 6.08 Å². The molecule has 0 spiro atoms. The molecule has 3 heteroatoms. The molecule has 1 aliphatic rings. The largest absolute Gasteiger partial charge is 0.386 e. The average Bonchev–Trinajstić information content (AvgIpc) is 2.42. The summed E-state index contributed by atoms with van der Waals surface area (Å²) < 4.78 is 11.2. The first-order valence-electron chi connectivity index (χ1n) is 4.71. The highest BCUT2D eigenvalue weighted by Gasteiger charge is 2.48. The van der Waals surface area contributed by atoms with Crippen molar-refractivity contribution in [1.29, 1.82) is 0 Å². The predicted octanol–water partition coefficient (Wildman–Crippen LogP) is 1.63. The molecule has 0 aromatic carbocycles. The second-order valence-electron chi connectivity index (χ2n) is 4.03. The van der Waals surface area contributed by atoms with E-state index in [0.717, 1.165) is 0 Å². The van der Waals surface area contributed by atoms with Crippen LogP contribution in [0.5, 0.6) is 0 Å². The lowest BCUT2D eigenvalue weighted by atomic mass is 9.93. The van der Waals surface area contributed by atoms with E-state index in [9.17, 15) is 5.11 Å². The van der Waals surface area contributed by atoms with Crippen molar-refractivity contribution in [3.8, 4) is 0 Å². The van der Waals surface area contributed by atoms with Gasteiger partial charge in [0.15, 0.2) is 5.79 Å². The SMILES string of the molecule is C=CC[C@@]1(C(O)C=C)COC(C)(C)O1. The Labute approximate surface area is 85.0 Å². The number of ether oxygens (including phenoxy) is 2. The van der Waals surface area contributed by atoms with Gasteiger partial charge in [-0.05, 0) is 20.3 Å². The van der Waals surface area contributed by atoms with Gasteiger partial charge in [-0.15, -0.1) is 13.2 Å². The van der Waals surface area contributed by atoms with E-state index >= 15 is 0 Å². The standard InChI is InChI=1S/C11H18O3/c1-5-7-11(9(12)6-2)8-13-10(3,4)14-11/h5-6,9,12H,1-2,7-8H2,3-4H3/t9?,11-/m0/s1. The third-order valence-corrected chi connectivity index (χ3v) is 2.37. The molecular formula is C11H18O3. The summed E-state index contributed by atoms with van der Waals surface area (Å²) in [6.07, 6.45) is 3.00. The zero-order chi connectivity index (χ0) is 10.8. The fourth-order valence-corrected chi connectivity index (χ4v) is 1.67. The van der Waals surface area contributed by atoms with Gasteiger partial charge in [0.25, 0.3) is 0 Å². The first-order valence-corrected chi connectivity index (χ1v) is 4.71. The maximum atomic E-state index is 9.80. The Morgan fingerprint density at radius 2 is 2.14 bits per heavy atom. The zero-order valence-electron chi connectivity index (χ0n) is 8.82. The van der Waals surface area contributed by atoms with Crippen LogP contribution in [-0.4, -0.2) is 29.2 Å². The van der Waals surface area contributed by atoms with Crippen molar-refractivity contribution in [3.05, 3.63) is 25.3 Å². The van der Waals surface area contributed by atoms with Gasteiger partial charge in [-0.2, -0.15) is 0 Å². The zero-order valence-corrected chi connectivity index (χ0v) is 8.82. The van der Waals surface area contributed by atoms with Gasteiger partial charge in [0.1, 0.15) is 11.7 Å². The Hall–Kier alpha value is -0.640. The first kappa shape index (κ1) is 11.4. The number of rotatable bonds is 4. The quantitative estimate of drug-likeness (QED) is 0.698. The highest BCUT2D eigenvalue weighted by molar-refractivity contribution is 5.04. The van der Waals surface area contributed by atoms with Gasteiger partial charge in [-0.1, -0.05) is 12.2 Å². The van der Waals surface area contributed by atoms with Crippen LogP contribution in [0.25, 0.3) is 0 Å². The van der Waals surface area contributed by atoms with E-state index in [-0.39, 0.29) is 0 Å². The Kier molecular flexibility index (Phi) is 3.14. The first-order chi connectivity index (χ1) is 6.46. The molecule has 1 N–H and O–H groups in total. The summed E-state index contributed by atoms with van der Waals surface area (Å²) in [5.74, 6) is -0.646. The van der Waals surface area contributed by atoms with Gasteiger partial charge in [0, 0.05) is 0 Å². The van der Waals surface area contributed by atoms with Gasteiger partial charge in [0.05, 0.1) is 6.61 Å². The van der Waals surface area contributed by atoms with E-state index in [1.165, 1.54) is 6.08 Å². The van der Waals surface area contributed by atoms with Crippen LogP contribution < -0.4 is 0 Å². The molecule has 0 aliphatic carbocycles. The maximum Gasteiger partial charge on any atom is 0.163 e. The number of aliphatic hydroxyl groups is 1. The van der Waals surface area contributed by atoms with Gasteiger partial charge in [0.2, 0.25) is 0 Å². The second-order valence-corrected chi connectivity index (χ2v) is 4.03. The fraction of sp³-hybridized carbons (Fsp3) is 0.636. The van der Waals surface area contributed by atoms with Gasteiger partial charge >= 0.3 is 0 Å². The average molecular weight is 198 g/mol. The van der Waals surface area contributed by atoms with Crippen molar-refractivity contribution in [2.24, 2.45) is 0 Å². The van der Waals surface area contributed by atoms with E-state index in [2.05, 4.69) is 13.2 Å². The second kappa shape index (κ2) is 3.85. The van der Waals surface area contributed by atoms with Crippen molar-refractivity contribution < 1.29 is 14.6 Å². The molecule has 1 unspecified atom stereocenters. The molecular weight excluding hydrogens is 180 g/mol. The van der Waals surface area contributed by atoms with Crippen molar-refractivity contribution in [1.82, 2.24) is 0 Å². The monoisotopic (exact) mass is 198 g/mol. The van der Waals surface area contributed by atoms with Crippen molar-refractivity contribution in [2.75, 3.05) is 6.61 Å². The topological polar surface area (TPSA) is 38.7 Å². The Morgan fingerprint density at radius 1 is 1.50 bits per heavy atom. The molecule has 0 aromatic heterocycles. The maximum absolute atomic E-state index is 9.80. The van der Waals surface area contributed by atoms with Gasteiger partial charge in [-0.3, -0.25) is 0 Å². The third-order valence-electron chi connectivity index (χ3n) is 2.37. The van der Waals surface area contributed by atoms with Crippen LogP contribution in [0.4, 0.5) is 0 Å². The van der Waals surface area contributed by atoms with Crippen LogP contribution in [0, 0.1) is 0 Å². The van der Waals surface area contributed by atoms with Crippen molar-refractivity contribution >= 4 is 0 Å². The summed E-state index contributed by atoms with van der Waals surface area (Å²) >= 11 is 0. The molecule has 14 heavy (non-hydrogen) atoms. The van der Waals surface area contributed by atoms with Crippen molar-refractivity contribution in [3.63, 3.8) is 0 Å². The molecule has 1 fully saturated rings. The number of aliphatic hydroxyl groups excluding tert-OH is 1. The normalized spacial score (nSPS) is 32.5. The van der Waals surface area contributed by atoms with E-state index < -0.39 is 17.5 Å². The summed E-state index contributed by atoms with van der Waals surface area (Å²) in [6, 6.07) is 0. The molecule has 0 amide bonds. The molecule has 0 bridgehead atoms. The van der Waals surface area contributed by atoms with Crippen LogP contribution in [0.15, 0.2) is 25.3 Å². The van der Waals surface area contributed by atoms with Gasteiger partial charge in [-0.25, -0.2) is 0 Å². The summed E-state index contributed by atoms with van der Waals surface area (Å²) in [5.41, 5.74) is -0.715. The Balaban J connectivity index is 2.84. The predicted molar refractivity (Wildman–Crippen MR) is 54.9 cm³/mol. The Morgan fingerprint density at radius 3 is 2.50 bits per heavy atom. The molecule has 80 valence electrons. The molecule has 1 heterocycles. The van der Waals surface area contributed by atoms with Crippen molar-refractivity contribution in [2.45, 2.75) is 37.8 Å². The van der Waals surface area contributed by atoms with Crippen LogP contribution in [-0.2, 0) is 9.47 Å². The third kappa shape index (κ3) is 2.05. The summed E-state index contributed by atoms with van der Waals surface area (Å²) in [5, 5.41) is 9.80. The number of hydrogen-bond acceptors (Lipinski definition) is 3. The highest BCUT2D eigenvalue weighted by atomic mass is 16.8. The van der Waals surface area contributed by atoms with Crippen LogP contribution in [0.3, 0.4) is 0 Å². The van der Waals surface area contributed by atoms with Crippen LogP contribution >= 0.6 is 0 Å². The summed E-state index contributed by atoms with van der Waals surface area (Å²) in [6.45, 7) is 11.2. The molecule has 1 rings (SSSR count). The lowest BCUT2D eigenvalue weighted by molar-refractivity contribution is -0.177. The molecule has 1 aliphatic heterocycles. The Bertz CT molecular complexity index is 235.